The van der Waals surface area contributed by atoms with E-state index in [9.17, 15) is 9.59 Å². The molecule has 2 aliphatic heterocycles. The van der Waals surface area contributed by atoms with E-state index in [1.165, 1.54) is 35.3 Å². The van der Waals surface area contributed by atoms with Gasteiger partial charge in [-0.3, -0.25) is 14.5 Å². The standard InChI is InChI=1S/C29H38N2O2/c1-28(2,3)21-16-20(17-22(18-21)29(4,5)6)25(19-30-14-10-7-11-15-30)31-26(32)23-12-8-9-13-24(23)27(31)33/h8-9,12-13,16-18,25H,7,10-11,14-15,19H2,1-6H3/t25-/m0/s1. The van der Waals surface area contributed by atoms with E-state index in [-0.39, 0.29) is 28.7 Å². The first kappa shape index (κ1) is 23.7. The fourth-order valence-corrected chi connectivity index (χ4v) is 4.92. The molecule has 0 N–H and O–H groups in total. The molecule has 0 saturated carbocycles. The van der Waals surface area contributed by atoms with Gasteiger partial charge in [-0.15, -0.1) is 0 Å². The van der Waals surface area contributed by atoms with Gasteiger partial charge in [-0.25, -0.2) is 0 Å². The molecule has 2 amide bonds. The number of likely N-dealkylation sites (tertiary alicyclic amines) is 1. The first-order valence-corrected chi connectivity index (χ1v) is 12.3. The molecule has 176 valence electrons. The predicted molar refractivity (Wildman–Crippen MR) is 134 cm³/mol. The lowest BCUT2D eigenvalue weighted by Gasteiger charge is -2.36. The number of nitrogens with zero attached hydrogens (tertiary/aromatic N) is 2. The Bertz CT molecular complexity index is 985. The van der Waals surface area contributed by atoms with Crippen molar-refractivity contribution >= 4 is 11.8 Å². The summed E-state index contributed by atoms with van der Waals surface area (Å²) in [5.74, 6) is -0.341. The molecule has 0 radical (unpaired) electrons. The summed E-state index contributed by atoms with van der Waals surface area (Å²) in [6.07, 6.45) is 3.59. The van der Waals surface area contributed by atoms with Crippen molar-refractivity contribution in [1.29, 1.82) is 0 Å². The zero-order chi connectivity index (χ0) is 24.0. The highest BCUT2D eigenvalue weighted by molar-refractivity contribution is 6.21. The number of amides is 2. The molecule has 1 fully saturated rings. The Labute approximate surface area is 199 Å². The molecule has 2 aromatic carbocycles. The molecule has 1 atom stereocenters. The highest BCUT2D eigenvalue weighted by atomic mass is 16.2. The molecule has 2 heterocycles. The van der Waals surface area contributed by atoms with Crippen molar-refractivity contribution in [3.63, 3.8) is 0 Å². The monoisotopic (exact) mass is 446 g/mol. The van der Waals surface area contributed by atoms with Gasteiger partial charge < -0.3 is 4.90 Å². The summed E-state index contributed by atoms with van der Waals surface area (Å²) >= 11 is 0. The van der Waals surface area contributed by atoms with Gasteiger partial charge in [0, 0.05) is 6.54 Å². The molecule has 4 heteroatoms. The number of carbonyl (C=O) groups is 2. The molecule has 0 aliphatic carbocycles. The van der Waals surface area contributed by atoms with Gasteiger partial charge in [0.2, 0.25) is 0 Å². The number of hydrogen-bond donors (Lipinski definition) is 0. The maximum Gasteiger partial charge on any atom is 0.262 e. The lowest BCUT2D eigenvalue weighted by atomic mass is 9.78. The minimum Gasteiger partial charge on any atom is -0.301 e. The smallest absolute Gasteiger partial charge is 0.262 e. The van der Waals surface area contributed by atoms with E-state index in [4.69, 9.17) is 0 Å². The Morgan fingerprint density at radius 2 is 1.24 bits per heavy atom. The molecule has 4 nitrogen and oxygen atoms in total. The average molecular weight is 447 g/mol. The van der Waals surface area contributed by atoms with Crippen LogP contribution in [0.25, 0.3) is 0 Å². The highest BCUT2D eigenvalue weighted by Gasteiger charge is 2.41. The molecule has 0 spiro atoms. The maximum atomic E-state index is 13.5. The van der Waals surface area contributed by atoms with E-state index in [0.717, 1.165) is 18.7 Å². The second-order valence-electron chi connectivity index (χ2n) is 11.7. The minimum atomic E-state index is -0.307. The highest BCUT2D eigenvalue weighted by Crippen LogP contribution is 2.37. The van der Waals surface area contributed by atoms with Crippen LogP contribution in [0.3, 0.4) is 0 Å². The van der Waals surface area contributed by atoms with Crippen LogP contribution in [0.15, 0.2) is 42.5 Å². The molecule has 33 heavy (non-hydrogen) atoms. The predicted octanol–water partition coefficient (Wildman–Crippen LogP) is 6.10. The fraction of sp³-hybridized carbons (Fsp3) is 0.517. The zero-order valence-electron chi connectivity index (χ0n) is 21.1. The summed E-state index contributed by atoms with van der Waals surface area (Å²) in [4.78, 5) is 31.0. The van der Waals surface area contributed by atoms with Gasteiger partial charge >= 0.3 is 0 Å². The van der Waals surface area contributed by atoms with Crippen LogP contribution < -0.4 is 0 Å². The lowest BCUT2D eigenvalue weighted by Crippen LogP contribution is -2.43. The topological polar surface area (TPSA) is 40.6 Å². The van der Waals surface area contributed by atoms with Crippen LogP contribution >= 0.6 is 0 Å². The number of benzene rings is 2. The van der Waals surface area contributed by atoms with Crippen molar-refractivity contribution < 1.29 is 9.59 Å². The third-order valence-corrected chi connectivity index (χ3v) is 7.09. The number of piperidine rings is 1. The van der Waals surface area contributed by atoms with Crippen molar-refractivity contribution in [2.75, 3.05) is 19.6 Å². The second-order valence-corrected chi connectivity index (χ2v) is 11.7. The molecule has 0 unspecified atom stereocenters. The van der Waals surface area contributed by atoms with Gasteiger partial charge in [-0.1, -0.05) is 78.3 Å². The van der Waals surface area contributed by atoms with Crippen molar-refractivity contribution in [2.45, 2.75) is 77.7 Å². The largest absolute Gasteiger partial charge is 0.301 e. The summed E-state index contributed by atoms with van der Waals surface area (Å²) in [6, 6.07) is 13.7. The van der Waals surface area contributed by atoms with Crippen molar-refractivity contribution in [2.24, 2.45) is 0 Å². The van der Waals surface area contributed by atoms with Crippen LogP contribution in [-0.4, -0.2) is 41.2 Å². The molecule has 2 aromatic rings. The van der Waals surface area contributed by atoms with Crippen LogP contribution in [0.1, 0.15) is 104 Å². The molecular formula is C29H38N2O2. The molecular weight excluding hydrogens is 408 g/mol. The summed E-state index contributed by atoms with van der Waals surface area (Å²) in [7, 11) is 0. The molecule has 2 aliphatic rings. The van der Waals surface area contributed by atoms with E-state index in [0.29, 0.717) is 17.7 Å². The third-order valence-electron chi connectivity index (χ3n) is 7.09. The van der Waals surface area contributed by atoms with Crippen molar-refractivity contribution in [1.82, 2.24) is 9.80 Å². The van der Waals surface area contributed by atoms with E-state index in [2.05, 4.69) is 64.6 Å². The van der Waals surface area contributed by atoms with Crippen LogP contribution in [0, 0.1) is 0 Å². The van der Waals surface area contributed by atoms with Gasteiger partial charge in [0.25, 0.3) is 11.8 Å². The number of rotatable bonds is 4. The first-order valence-electron chi connectivity index (χ1n) is 12.3. The van der Waals surface area contributed by atoms with Crippen LogP contribution in [-0.2, 0) is 10.8 Å². The Kier molecular flexibility index (Phi) is 6.26. The molecule has 4 rings (SSSR count). The van der Waals surface area contributed by atoms with Crippen molar-refractivity contribution in [3.05, 3.63) is 70.3 Å². The Morgan fingerprint density at radius 3 is 1.70 bits per heavy atom. The van der Waals surface area contributed by atoms with Gasteiger partial charge in [0.05, 0.1) is 17.2 Å². The Hall–Kier alpha value is -2.46. The normalized spacial score (nSPS) is 18.5. The number of hydrogen-bond acceptors (Lipinski definition) is 3. The SMILES string of the molecule is CC(C)(C)c1cc([C@H](CN2CCCCC2)N2C(=O)c3ccccc3C2=O)cc(C(C)(C)C)c1. The first-order chi connectivity index (χ1) is 15.5. The summed E-state index contributed by atoms with van der Waals surface area (Å²) in [5, 5.41) is 0. The van der Waals surface area contributed by atoms with E-state index < -0.39 is 0 Å². The van der Waals surface area contributed by atoms with E-state index in [1.807, 2.05) is 12.1 Å². The molecule has 0 aromatic heterocycles. The summed E-state index contributed by atoms with van der Waals surface area (Å²) in [5.41, 5.74) is 4.52. The Morgan fingerprint density at radius 1 is 0.758 bits per heavy atom. The molecule has 0 bridgehead atoms. The summed E-state index contributed by atoms with van der Waals surface area (Å²) in [6.45, 7) is 16.1. The van der Waals surface area contributed by atoms with Gasteiger partial charge in [-0.05, 0) is 65.6 Å². The van der Waals surface area contributed by atoms with Gasteiger partial charge in [0.15, 0.2) is 0 Å². The van der Waals surface area contributed by atoms with Crippen LogP contribution in [0.4, 0.5) is 0 Å². The van der Waals surface area contributed by atoms with E-state index in [1.54, 1.807) is 12.1 Å². The number of fused-ring (bicyclic) bond motifs is 1. The van der Waals surface area contributed by atoms with Crippen LogP contribution in [0.2, 0.25) is 0 Å². The maximum absolute atomic E-state index is 13.5. The Balaban J connectivity index is 1.84. The second kappa shape index (κ2) is 8.72. The number of carbonyl (C=O) groups excluding carboxylic acids is 2. The number of imide groups is 1. The third kappa shape index (κ3) is 4.77. The van der Waals surface area contributed by atoms with Crippen molar-refractivity contribution in [3.8, 4) is 0 Å². The van der Waals surface area contributed by atoms with Gasteiger partial charge in [-0.2, -0.15) is 0 Å². The zero-order valence-corrected chi connectivity index (χ0v) is 21.1. The average Bonchev–Trinajstić information content (AvgIpc) is 3.02. The van der Waals surface area contributed by atoms with Gasteiger partial charge in [0.1, 0.15) is 0 Å². The molecule has 1 saturated heterocycles. The summed E-state index contributed by atoms with van der Waals surface area (Å²) < 4.78 is 0. The lowest BCUT2D eigenvalue weighted by molar-refractivity contribution is 0.0530. The fourth-order valence-electron chi connectivity index (χ4n) is 4.92. The minimum absolute atomic E-state index is 0.0341. The van der Waals surface area contributed by atoms with Crippen LogP contribution in [0.5, 0.6) is 0 Å². The van der Waals surface area contributed by atoms with E-state index >= 15 is 0 Å². The quantitative estimate of drug-likeness (QED) is 0.533.